The Morgan fingerprint density at radius 1 is 1.12 bits per heavy atom. The van der Waals surface area contributed by atoms with Crippen LogP contribution in [0.25, 0.3) is 0 Å². The van der Waals surface area contributed by atoms with Crippen molar-refractivity contribution >= 4 is 23.2 Å². The van der Waals surface area contributed by atoms with Gasteiger partial charge in [-0.15, -0.1) is 0 Å². The molecule has 0 saturated heterocycles. The van der Waals surface area contributed by atoms with E-state index in [2.05, 4.69) is 0 Å². The molecule has 0 bridgehead atoms. The summed E-state index contributed by atoms with van der Waals surface area (Å²) in [4.78, 5) is 23.5. The molecule has 1 aromatic rings. The van der Waals surface area contributed by atoms with Gasteiger partial charge < -0.3 is 4.74 Å². The molecule has 90 valence electrons. The molecule has 0 atom stereocenters. The second-order valence-corrected chi connectivity index (χ2v) is 3.96. The fraction of sp³-hybridized carbons (Fsp3) is 0.231. The van der Waals surface area contributed by atoms with E-state index in [1.807, 2.05) is 0 Å². The van der Waals surface area contributed by atoms with Gasteiger partial charge in [-0.25, -0.2) is 0 Å². The number of benzene rings is 1. The van der Waals surface area contributed by atoms with Gasteiger partial charge in [0.2, 0.25) is 0 Å². The van der Waals surface area contributed by atoms with Crippen LogP contribution in [0.4, 0.5) is 0 Å². The molecule has 3 nitrogen and oxygen atoms in total. The average Bonchev–Trinajstić information content (AvgIpc) is 2.29. The second-order valence-electron chi connectivity index (χ2n) is 3.53. The molecule has 1 aromatic carbocycles. The van der Waals surface area contributed by atoms with E-state index in [4.69, 9.17) is 16.3 Å². The normalized spacial score (nSPS) is 11.8. The predicted octanol–water partition coefficient (Wildman–Crippen LogP) is 3.03. The van der Waals surface area contributed by atoms with Crippen LogP contribution < -0.4 is 0 Å². The number of halogens is 1. The zero-order valence-electron chi connectivity index (χ0n) is 9.91. The van der Waals surface area contributed by atoms with Crippen molar-refractivity contribution in [3.05, 3.63) is 46.2 Å². The van der Waals surface area contributed by atoms with E-state index >= 15 is 0 Å². The van der Waals surface area contributed by atoms with Crippen LogP contribution >= 0.6 is 11.6 Å². The minimum absolute atomic E-state index is 0.0647. The first-order valence-corrected chi connectivity index (χ1v) is 5.41. The topological polar surface area (TPSA) is 43.4 Å². The number of ketones is 2. The summed E-state index contributed by atoms with van der Waals surface area (Å²) in [7, 11) is 1.42. The lowest BCUT2D eigenvalue weighted by molar-refractivity contribution is -0.113. The van der Waals surface area contributed by atoms with E-state index in [0.29, 0.717) is 16.3 Å². The Morgan fingerprint density at radius 3 is 2.06 bits per heavy atom. The molecule has 0 aliphatic carbocycles. The summed E-state index contributed by atoms with van der Waals surface area (Å²) in [6, 6.07) is 6.37. The lowest BCUT2D eigenvalue weighted by Gasteiger charge is -2.07. The van der Waals surface area contributed by atoms with Crippen LogP contribution in [0.5, 0.6) is 0 Å². The van der Waals surface area contributed by atoms with Crippen molar-refractivity contribution in [1.82, 2.24) is 0 Å². The summed E-state index contributed by atoms with van der Waals surface area (Å²) in [6.07, 6.45) is 0. The highest BCUT2D eigenvalue weighted by Crippen LogP contribution is 2.16. The third-order valence-corrected chi connectivity index (χ3v) is 2.60. The summed E-state index contributed by atoms with van der Waals surface area (Å²) in [6.45, 7) is 2.93. The largest absolute Gasteiger partial charge is 0.500 e. The number of hydrogen-bond acceptors (Lipinski definition) is 3. The highest BCUT2D eigenvalue weighted by atomic mass is 35.5. The van der Waals surface area contributed by atoms with Crippen LogP contribution in [0.15, 0.2) is 35.6 Å². The summed E-state index contributed by atoms with van der Waals surface area (Å²) in [5.41, 5.74) is 0.478. The summed E-state index contributed by atoms with van der Waals surface area (Å²) >= 11 is 5.73. The fourth-order valence-electron chi connectivity index (χ4n) is 1.42. The maximum Gasteiger partial charge on any atom is 0.199 e. The Labute approximate surface area is 105 Å². The van der Waals surface area contributed by atoms with Crippen LogP contribution in [-0.4, -0.2) is 18.7 Å². The van der Waals surface area contributed by atoms with E-state index in [1.54, 1.807) is 31.2 Å². The SMILES string of the molecule is CO/C(C)=C(\C(C)=O)C(=O)c1ccc(Cl)cc1. The van der Waals surface area contributed by atoms with Crippen LogP contribution in [0.1, 0.15) is 24.2 Å². The molecule has 0 aliphatic heterocycles. The highest BCUT2D eigenvalue weighted by molar-refractivity contribution is 6.31. The average molecular weight is 253 g/mol. The molecule has 1 rings (SSSR count). The molecule has 0 aliphatic rings. The Morgan fingerprint density at radius 2 is 1.65 bits per heavy atom. The Kier molecular flexibility index (Phi) is 4.46. The standard InChI is InChI=1S/C13H13ClO3/c1-8(15)12(9(2)17-3)13(16)10-4-6-11(14)7-5-10/h4-7H,1-3H3/b12-9+. The van der Waals surface area contributed by atoms with Gasteiger partial charge in [0.05, 0.1) is 7.11 Å². The highest BCUT2D eigenvalue weighted by Gasteiger charge is 2.20. The number of ether oxygens (including phenoxy) is 1. The summed E-state index contributed by atoms with van der Waals surface area (Å²) in [5.74, 6) is -0.352. The van der Waals surface area contributed by atoms with Gasteiger partial charge in [-0.1, -0.05) is 11.6 Å². The molecular formula is C13H13ClO3. The first-order valence-electron chi connectivity index (χ1n) is 5.03. The number of allylic oxidation sites excluding steroid dienone is 2. The van der Waals surface area contributed by atoms with Crippen molar-refractivity contribution in [3.8, 4) is 0 Å². The summed E-state index contributed by atoms with van der Waals surface area (Å²) < 4.78 is 4.95. The van der Waals surface area contributed by atoms with Gasteiger partial charge in [-0.2, -0.15) is 0 Å². The molecule has 4 heteroatoms. The molecule has 0 unspecified atom stereocenters. The van der Waals surface area contributed by atoms with Gasteiger partial charge in [0.15, 0.2) is 11.6 Å². The quantitative estimate of drug-likeness (QED) is 0.272. The zero-order chi connectivity index (χ0) is 13.0. The molecule has 0 amide bonds. The number of carbonyl (C=O) groups is 2. The molecule has 17 heavy (non-hydrogen) atoms. The van der Waals surface area contributed by atoms with Crippen molar-refractivity contribution < 1.29 is 14.3 Å². The number of Topliss-reactive ketones (excluding diaryl/α,β-unsaturated/α-hetero) is 2. The van der Waals surface area contributed by atoms with Crippen molar-refractivity contribution in [2.75, 3.05) is 7.11 Å². The van der Waals surface area contributed by atoms with E-state index in [1.165, 1.54) is 14.0 Å². The van der Waals surface area contributed by atoms with Gasteiger partial charge in [-0.3, -0.25) is 9.59 Å². The number of carbonyl (C=O) groups excluding carboxylic acids is 2. The Hall–Kier alpha value is -1.61. The molecule has 0 radical (unpaired) electrons. The van der Waals surface area contributed by atoms with E-state index in [-0.39, 0.29) is 17.1 Å². The number of rotatable bonds is 4. The first-order chi connectivity index (χ1) is 7.97. The lowest BCUT2D eigenvalue weighted by atomic mass is 10.00. The molecular weight excluding hydrogens is 240 g/mol. The summed E-state index contributed by atoms with van der Waals surface area (Å²) in [5, 5.41) is 0.540. The molecule has 0 fully saturated rings. The van der Waals surface area contributed by atoms with Crippen LogP contribution in [0.3, 0.4) is 0 Å². The van der Waals surface area contributed by atoms with Crippen LogP contribution in [-0.2, 0) is 9.53 Å². The third-order valence-electron chi connectivity index (χ3n) is 2.34. The smallest absolute Gasteiger partial charge is 0.199 e. The zero-order valence-corrected chi connectivity index (χ0v) is 10.7. The van der Waals surface area contributed by atoms with Gasteiger partial charge in [0.25, 0.3) is 0 Å². The molecule has 0 heterocycles. The predicted molar refractivity (Wildman–Crippen MR) is 66.2 cm³/mol. The maximum absolute atomic E-state index is 12.1. The van der Waals surface area contributed by atoms with Gasteiger partial charge in [0, 0.05) is 10.6 Å². The Balaban J connectivity index is 3.18. The number of hydrogen-bond donors (Lipinski definition) is 0. The minimum atomic E-state index is -0.353. The Bertz CT molecular complexity index is 472. The fourth-order valence-corrected chi connectivity index (χ4v) is 1.54. The maximum atomic E-state index is 12.1. The monoisotopic (exact) mass is 252 g/mol. The molecule has 0 aromatic heterocycles. The number of methoxy groups -OCH3 is 1. The van der Waals surface area contributed by atoms with Gasteiger partial charge in [0.1, 0.15) is 11.3 Å². The van der Waals surface area contributed by atoms with Crippen molar-refractivity contribution in [1.29, 1.82) is 0 Å². The van der Waals surface area contributed by atoms with Crippen LogP contribution in [0.2, 0.25) is 5.02 Å². The van der Waals surface area contributed by atoms with Gasteiger partial charge in [-0.05, 0) is 38.1 Å². The molecule has 0 saturated carbocycles. The van der Waals surface area contributed by atoms with Crippen molar-refractivity contribution in [2.45, 2.75) is 13.8 Å². The van der Waals surface area contributed by atoms with Crippen molar-refractivity contribution in [2.24, 2.45) is 0 Å². The lowest BCUT2D eigenvalue weighted by Crippen LogP contribution is -2.13. The molecule has 0 N–H and O–H groups in total. The third kappa shape index (κ3) is 3.17. The van der Waals surface area contributed by atoms with E-state index < -0.39 is 0 Å². The second kappa shape index (κ2) is 5.64. The van der Waals surface area contributed by atoms with Crippen molar-refractivity contribution in [3.63, 3.8) is 0 Å². The molecule has 0 spiro atoms. The van der Waals surface area contributed by atoms with Gasteiger partial charge >= 0.3 is 0 Å². The minimum Gasteiger partial charge on any atom is -0.500 e. The van der Waals surface area contributed by atoms with Crippen LogP contribution in [0, 0.1) is 0 Å². The van der Waals surface area contributed by atoms with E-state index in [9.17, 15) is 9.59 Å². The first kappa shape index (κ1) is 13.5. The van der Waals surface area contributed by atoms with E-state index in [0.717, 1.165) is 0 Å².